The highest BCUT2D eigenvalue weighted by Gasteiger charge is 2.35. The molecule has 1 aliphatic heterocycles. The highest BCUT2D eigenvalue weighted by molar-refractivity contribution is 6.06. The Morgan fingerprint density at radius 3 is 2.38 bits per heavy atom. The molecule has 37 heavy (non-hydrogen) atoms. The Bertz CT molecular complexity index is 1420. The van der Waals surface area contributed by atoms with E-state index in [4.69, 9.17) is 4.74 Å². The summed E-state index contributed by atoms with van der Waals surface area (Å²) in [6, 6.07) is 14.4. The summed E-state index contributed by atoms with van der Waals surface area (Å²) in [5.41, 5.74) is 3.64. The van der Waals surface area contributed by atoms with Gasteiger partial charge < -0.3 is 25.2 Å². The molecule has 1 aliphatic rings. The van der Waals surface area contributed by atoms with Crippen LogP contribution in [0.15, 0.2) is 71.4 Å². The Labute approximate surface area is 212 Å². The fraction of sp³-hybridized carbons (Fsp3) is 0.280. The fourth-order valence-corrected chi connectivity index (χ4v) is 4.00. The normalized spacial score (nSPS) is 19.5. The van der Waals surface area contributed by atoms with E-state index in [1.165, 1.54) is 12.7 Å². The summed E-state index contributed by atoms with van der Waals surface area (Å²) >= 11 is 0. The molecule has 1 saturated heterocycles. The number of carbonyl (C=O) groups excluding carboxylic acids is 1. The van der Waals surface area contributed by atoms with Crippen LogP contribution in [0.1, 0.15) is 23.0 Å². The molecule has 0 aliphatic carbocycles. The number of hydrogen-bond donors (Lipinski definition) is 3. The van der Waals surface area contributed by atoms with E-state index in [2.05, 4.69) is 30.5 Å². The minimum Gasteiger partial charge on any atom is -0.394 e. The van der Waals surface area contributed by atoms with Crippen LogP contribution in [0.4, 0.5) is 22.9 Å². The van der Waals surface area contributed by atoms with Crippen molar-refractivity contribution in [2.75, 3.05) is 30.9 Å². The number of aromatic nitrogens is 4. The molecule has 12 heteroatoms. The van der Waals surface area contributed by atoms with E-state index in [0.717, 1.165) is 11.4 Å². The molecule has 0 unspecified atom stereocenters. The van der Waals surface area contributed by atoms with Crippen LogP contribution < -0.4 is 10.2 Å². The molecular formula is C25H26N8O4. The van der Waals surface area contributed by atoms with E-state index >= 15 is 0 Å². The smallest absolute Gasteiger partial charge is 0.256 e. The van der Waals surface area contributed by atoms with Crippen LogP contribution in [0, 0.1) is 0 Å². The average molecular weight is 503 g/mol. The van der Waals surface area contributed by atoms with Gasteiger partial charge in [-0.25, -0.2) is 15.0 Å². The molecule has 190 valence electrons. The van der Waals surface area contributed by atoms with Crippen LogP contribution in [0.2, 0.25) is 0 Å². The third-order valence-corrected chi connectivity index (χ3v) is 6.06. The Hall–Kier alpha value is -4.26. The van der Waals surface area contributed by atoms with Crippen molar-refractivity contribution >= 4 is 40.0 Å². The first-order chi connectivity index (χ1) is 17.9. The lowest BCUT2D eigenvalue weighted by molar-refractivity contribution is -0.0432. The quantitative estimate of drug-likeness (QED) is 0.326. The molecule has 2 aromatic heterocycles. The Kier molecular flexibility index (Phi) is 6.86. The summed E-state index contributed by atoms with van der Waals surface area (Å²) in [6.45, 7) is -0.287. The summed E-state index contributed by atoms with van der Waals surface area (Å²) in [7, 11) is 3.94. The summed E-state index contributed by atoms with van der Waals surface area (Å²) in [5.74, 6) is -0.124. The second-order valence-electron chi connectivity index (χ2n) is 8.77. The van der Waals surface area contributed by atoms with Gasteiger partial charge in [0.05, 0.1) is 30.4 Å². The topological polar surface area (TPSA) is 150 Å². The summed E-state index contributed by atoms with van der Waals surface area (Å²) in [5, 5.41) is 30.6. The minimum absolute atomic E-state index is 0.246. The van der Waals surface area contributed by atoms with E-state index in [0.29, 0.717) is 22.4 Å². The van der Waals surface area contributed by atoms with E-state index in [9.17, 15) is 15.0 Å². The predicted molar refractivity (Wildman–Crippen MR) is 136 cm³/mol. The Morgan fingerprint density at radius 1 is 1.08 bits per heavy atom. The van der Waals surface area contributed by atoms with Gasteiger partial charge in [0.25, 0.3) is 5.91 Å². The number of aliphatic hydroxyl groups excluding tert-OH is 2. The zero-order valence-corrected chi connectivity index (χ0v) is 20.3. The van der Waals surface area contributed by atoms with Gasteiger partial charge in [0.2, 0.25) is 0 Å². The molecule has 0 saturated carbocycles. The molecule has 12 nitrogen and oxygen atoms in total. The molecule has 2 aromatic carbocycles. The number of hydrogen-bond acceptors (Lipinski definition) is 10. The van der Waals surface area contributed by atoms with Crippen LogP contribution in [0.3, 0.4) is 0 Å². The van der Waals surface area contributed by atoms with Gasteiger partial charge in [-0.3, -0.25) is 9.36 Å². The molecule has 5 rings (SSSR count). The van der Waals surface area contributed by atoms with Crippen molar-refractivity contribution in [3.63, 3.8) is 0 Å². The number of carbonyl (C=O) groups is 1. The van der Waals surface area contributed by atoms with Crippen molar-refractivity contribution < 1.29 is 19.7 Å². The first-order valence-electron chi connectivity index (χ1n) is 11.7. The van der Waals surface area contributed by atoms with Crippen LogP contribution >= 0.6 is 0 Å². The molecule has 1 amide bonds. The third-order valence-electron chi connectivity index (χ3n) is 6.06. The molecule has 0 spiro atoms. The summed E-state index contributed by atoms with van der Waals surface area (Å²) < 4.78 is 7.35. The van der Waals surface area contributed by atoms with Crippen molar-refractivity contribution in [3.8, 4) is 0 Å². The van der Waals surface area contributed by atoms with Gasteiger partial charge in [0.15, 0.2) is 17.0 Å². The molecule has 3 atom stereocenters. The molecule has 1 fully saturated rings. The van der Waals surface area contributed by atoms with Gasteiger partial charge in [-0.2, -0.15) is 10.2 Å². The molecule has 4 aromatic rings. The van der Waals surface area contributed by atoms with Crippen LogP contribution in [0.5, 0.6) is 0 Å². The van der Waals surface area contributed by atoms with E-state index in [-0.39, 0.29) is 24.8 Å². The second kappa shape index (κ2) is 10.4. The molecular weight excluding hydrogens is 476 g/mol. The number of nitrogens with zero attached hydrogens (tertiary/aromatic N) is 7. The highest BCUT2D eigenvalue weighted by Crippen LogP contribution is 2.31. The number of imidazole rings is 1. The fourth-order valence-electron chi connectivity index (χ4n) is 4.00. The largest absolute Gasteiger partial charge is 0.394 e. The number of ether oxygens (including phenoxy) is 1. The lowest BCUT2D eigenvalue weighted by atomic mass is 10.2. The maximum atomic E-state index is 12.9. The van der Waals surface area contributed by atoms with Gasteiger partial charge in [-0.05, 0) is 48.5 Å². The van der Waals surface area contributed by atoms with Gasteiger partial charge in [0, 0.05) is 31.8 Å². The molecule has 0 bridgehead atoms. The number of rotatable bonds is 7. The average Bonchev–Trinajstić information content (AvgIpc) is 3.51. The number of aliphatic hydroxyl groups is 2. The number of benzene rings is 2. The second-order valence-corrected chi connectivity index (χ2v) is 8.77. The molecule has 0 radical (unpaired) electrons. The highest BCUT2D eigenvalue weighted by atomic mass is 16.5. The molecule has 3 N–H and O–H groups in total. The lowest BCUT2D eigenvalue weighted by Crippen LogP contribution is -2.24. The SMILES string of the molecule is CN(C)c1ccc(N=Nc2ccc(C(=O)Nc3ncnc4c3ncn4[C@H]3C[C@H](O)[C@@H](CO)O3)cc2)cc1. The molecule has 3 heterocycles. The minimum atomic E-state index is -0.792. The van der Waals surface area contributed by atoms with E-state index in [1.54, 1.807) is 28.8 Å². The first-order valence-corrected chi connectivity index (χ1v) is 11.7. The van der Waals surface area contributed by atoms with Gasteiger partial charge in [-0.15, -0.1) is 0 Å². The van der Waals surface area contributed by atoms with Crippen molar-refractivity contribution in [3.05, 3.63) is 66.7 Å². The van der Waals surface area contributed by atoms with E-state index < -0.39 is 18.4 Å². The van der Waals surface area contributed by atoms with Crippen molar-refractivity contribution in [1.29, 1.82) is 0 Å². The zero-order chi connectivity index (χ0) is 25.9. The standard InChI is InChI=1S/C25H26N8O4/c1-32(2)18-9-7-17(8-10-18)31-30-16-5-3-15(4-6-16)25(36)29-23-22-24(27-13-26-23)33(14-28-22)21-11-19(35)20(12-34)37-21/h3-10,13-14,19-21,34-35H,11-12H2,1-2H3,(H,26,27,29,36)/t19-,20+,21+/m0/s1. The van der Waals surface area contributed by atoms with Gasteiger partial charge >= 0.3 is 0 Å². The Morgan fingerprint density at radius 2 is 1.76 bits per heavy atom. The van der Waals surface area contributed by atoms with Crippen molar-refractivity contribution in [2.24, 2.45) is 10.2 Å². The van der Waals surface area contributed by atoms with Gasteiger partial charge in [-0.1, -0.05) is 0 Å². The van der Waals surface area contributed by atoms with E-state index in [1.807, 2.05) is 43.3 Å². The van der Waals surface area contributed by atoms with Crippen LogP contribution in [-0.4, -0.2) is 68.5 Å². The van der Waals surface area contributed by atoms with Crippen molar-refractivity contribution in [1.82, 2.24) is 19.5 Å². The Balaban J connectivity index is 1.27. The van der Waals surface area contributed by atoms with Crippen LogP contribution in [-0.2, 0) is 4.74 Å². The summed E-state index contributed by atoms with van der Waals surface area (Å²) in [6.07, 6.45) is 1.12. The maximum Gasteiger partial charge on any atom is 0.256 e. The summed E-state index contributed by atoms with van der Waals surface area (Å²) in [4.78, 5) is 27.6. The maximum absolute atomic E-state index is 12.9. The number of nitrogens with one attached hydrogen (secondary N) is 1. The van der Waals surface area contributed by atoms with Crippen LogP contribution in [0.25, 0.3) is 11.2 Å². The number of anilines is 2. The number of fused-ring (bicyclic) bond motifs is 1. The number of amides is 1. The third kappa shape index (κ3) is 5.16. The lowest BCUT2D eigenvalue weighted by Gasteiger charge is -2.13. The first kappa shape index (κ1) is 24.4. The number of azo groups is 1. The van der Waals surface area contributed by atoms with Gasteiger partial charge in [0.1, 0.15) is 18.7 Å². The zero-order valence-electron chi connectivity index (χ0n) is 20.3. The predicted octanol–water partition coefficient (Wildman–Crippen LogP) is 3.20. The van der Waals surface area contributed by atoms with Crippen molar-refractivity contribution in [2.45, 2.75) is 24.9 Å². The monoisotopic (exact) mass is 502 g/mol.